The lowest BCUT2D eigenvalue weighted by atomic mass is 10.2. The molecular weight excluding hydrogens is 367 g/mol. The maximum Gasteiger partial charge on any atom is 0.258 e. The third-order valence-electron chi connectivity index (χ3n) is 2.18. The minimum Gasteiger partial charge on any atom is -0.320 e. The second-order valence-electron chi connectivity index (χ2n) is 3.43. The van der Waals surface area contributed by atoms with Crippen molar-refractivity contribution in [3.8, 4) is 0 Å². The number of carbonyl (C=O) groups is 1. The van der Waals surface area contributed by atoms with Crippen molar-refractivity contribution in [1.82, 2.24) is 4.98 Å². The zero-order chi connectivity index (χ0) is 13.1. The topological polar surface area (TPSA) is 42.0 Å². The second-order valence-corrected chi connectivity index (χ2v) is 5.09. The van der Waals surface area contributed by atoms with E-state index >= 15 is 0 Å². The fraction of sp³-hybridized carbons (Fsp3) is 0. The van der Waals surface area contributed by atoms with E-state index < -0.39 is 11.7 Å². The van der Waals surface area contributed by atoms with Crippen LogP contribution in [-0.2, 0) is 0 Å². The summed E-state index contributed by atoms with van der Waals surface area (Å²) >= 11 is 6.22. The van der Waals surface area contributed by atoms with Crippen LogP contribution in [-0.4, -0.2) is 10.9 Å². The molecule has 1 heterocycles. The third-order valence-corrected chi connectivity index (χ3v) is 3.26. The maximum absolute atomic E-state index is 13.7. The van der Waals surface area contributed by atoms with Crippen molar-refractivity contribution in [2.24, 2.45) is 0 Å². The molecule has 18 heavy (non-hydrogen) atoms. The van der Waals surface area contributed by atoms with Crippen LogP contribution in [0, 0.1) is 5.82 Å². The molecule has 1 N–H and O–H groups in total. The summed E-state index contributed by atoms with van der Waals surface area (Å²) in [6.07, 6.45) is 1.48. The van der Waals surface area contributed by atoms with E-state index in [9.17, 15) is 9.18 Å². The largest absolute Gasteiger partial charge is 0.320 e. The van der Waals surface area contributed by atoms with E-state index in [0.29, 0.717) is 10.3 Å². The summed E-state index contributed by atoms with van der Waals surface area (Å²) in [7, 11) is 0. The number of anilines is 1. The van der Waals surface area contributed by atoms with Gasteiger partial charge in [-0.3, -0.25) is 4.79 Å². The normalized spacial score (nSPS) is 10.2. The van der Waals surface area contributed by atoms with Crippen LogP contribution in [0.15, 0.2) is 45.6 Å². The van der Waals surface area contributed by atoms with Gasteiger partial charge in [0, 0.05) is 0 Å². The van der Waals surface area contributed by atoms with Gasteiger partial charge in [0.25, 0.3) is 5.91 Å². The lowest BCUT2D eigenvalue weighted by molar-refractivity contribution is 0.102. The number of nitrogens with zero attached hydrogens (tertiary/aromatic N) is 1. The molecule has 2 rings (SSSR count). The van der Waals surface area contributed by atoms with Gasteiger partial charge in [-0.25, -0.2) is 9.37 Å². The first-order chi connectivity index (χ1) is 8.58. The standard InChI is InChI=1S/C12H7Br2FN2O/c13-9-3-1-2-8(11(9)15)12(18)17-7-4-5-10(14)16-6-7/h1-6H,(H,17,18). The van der Waals surface area contributed by atoms with E-state index in [4.69, 9.17) is 0 Å². The number of aromatic nitrogens is 1. The fourth-order valence-corrected chi connectivity index (χ4v) is 1.93. The van der Waals surface area contributed by atoms with Crippen molar-refractivity contribution < 1.29 is 9.18 Å². The minimum atomic E-state index is -0.583. The Morgan fingerprint density at radius 1 is 1.22 bits per heavy atom. The molecule has 2 aromatic rings. The van der Waals surface area contributed by atoms with Gasteiger partial charge in [0.1, 0.15) is 10.4 Å². The molecule has 0 aliphatic rings. The van der Waals surface area contributed by atoms with Crippen molar-refractivity contribution >= 4 is 43.5 Å². The Labute approximate surface area is 120 Å². The Bertz CT molecular complexity index is 587. The van der Waals surface area contributed by atoms with Crippen LogP contribution in [0.2, 0.25) is 0 Å². The summed E-state index contributed by atoms with van der Waals surface area (Å²) in [6, 6.07) is 7.91. The van der Waals surface area contributed by atoms with Gasteiger partial charge in [-0.15, -0.1) is 0 Å². The maximum atomic E-state index is 13.7. The molecule has 0 unspecified atom stereocenters. The highest BCUT2D eigenvalue weighted by molar-refractivity contribution is 9.10. The van der Waals surface area contributed by atoms with Gasteiger partial charge in [0.05, 0.1) is 21.9 Å². The number of hydrogen-bond donors (Lipinski definition) is 1. The first-order valence-corrected chi connectivity index (χ1v) is 6.53. The van der Waals surface area contributed by atoms with E-state index in [-0.39, 0.29) is 10.0 Å². The SMILES string of the molecule is O=C(Nc1ccc(Br)nc1)c1cccc(Br)c1F. The molecule has 1 aromatic heterocycles. The lowest BCUT2D eigenvalue weighted by Gasteiger charge is -2.06. The van der Waals surface area contributed by atoms with Gasteiger partial charge in [0.2, 0.25) is 0 Å². The number of hydrogen-bond acceptors (Lipinski definition) is 2. The quantitative estimate of drug-likeness (QED) is 0.808. The number of amides is 1. The van der Waals surface area contributed by atoms with Gasteiger partial charge < -0.3 is 5.32 Å². The highest BCUT2D eigenvalue weighted by atomic mass is 79.9. The van der Waals surface area contributed by atoms with E-state index in [1.54, 1.807) is 18.2 Å². The number of halogens is 3. The van der Waals surface area contributed by atoms with Gasteiger partial charge in [0.15, 0.2) is 0 Å². The predicted octanol–water partition coefficient (Wildman–Crippen LogP) is 4.00. The van der Waals surface area contributed by atoms with Crippen LogP contribution in [0.3, 0.4) is 0 Å². The summed E-state index contributed by atoms with van der Waals surface area (Å²) in [5, 5.41) is 2.57. The molecule has 0 fully saturated rings. The highest BCUT2D eigenvalue weighted by Gasteiger charge is 2.13. The Hall–Kier alpha value is -1.27. The molecule has 0 spiro atoms. The third kappa shape index (κ3) is 2.94. The molecule has 1 amide bonds. The molecule has 0 radical (unpaired) electrons. The number of carbonyl (C=O) groups excluding carboxylic acids is 1. The molecule has 0 saturated heterocycles. The Morgan fingerprint density at radius 2 is 2.00 bits per heavy atom. The Morgan fingerprint density at radius 3 is 2.67 bits per heavy atom. The average Bonchev–Trinajstić information content (AvgIpc) is 2.35. The number of pyridine rings is 1. The van der Waals surface area contributed by atoms with Crippen LogP contribution < -0.4 is 5.32 Å². The zero-order valence-electron chi connectivity index (χ0n) is 8.95. The minimum absolute atomic E-state index is 0.0210. The number of nitrogens with one attached hydrogen (secondary N) is 1. The average molecular weight is 374 g/mol. The zero-order valence-corrected chi connectivity index (χ0v) is 12.1. The first kappa shape index (κ1) is 13.2. The van der Waals surface area contributed by atoms with Gasteiger partial charge in [-0.05, 0) is 56.1 Å². The van der Waals surface area contributed by atoms with E-state index in [1.165, 1.54) is 18.3 Å². The number of benzene rings is 1. The van der Waals surface area contributed by atoms with Gasteiger partial charge in [-0.1, -0.05) is 6.07 Å². The number of rotatable bonds is 2. The van der Waals surface area contributed by atoms with Gasteiger partial charge in [-0.2, -0.15) is 0 Å². The molecule has 6 heteroatoms. The smallest absolute Gasteiger partial charge is 0.258 e. The molecule has 0 aliphatic heterocycles. The molecule has 0 atom stereocenters. The Balaban J connectivity index is 2.22. The summed E-state index contributed by atoms with van der Waals surface area (Å²) in [5.41, 5.74) is 0.481. The highest BCUT2D eigenvalue weighted by Crippen LogP contribution is 2.20. The molecule has 0 bridgehead atoms. The van der Waals surface area contributed by atoms with E-state index in [0.717, 1.165) is 0 Å². The van der Waals surface area contributed by atoms with Crippen LogP contribution in [0.25, 0.3) is 0 Å². The molecule has 3 nitrogen and oxygen atoms in total. The van der Waals surface area contributed by atoms with Gasteiger partial charge >= 0.3 is 0 Å². The Kier molecular flexibility index (Phi) is 4.08. The van der Waals surface area contributed by atoms with E-state index in [2.05, 4.69) is 42.2 Å². The predicted molar refractivity (Wildman–Crippen MR) is 74.0 cm³/mol. The summed E-state index contributed by atoms with van der Waals surface area (Å²) < 4.78 is 14.6. The van der Waals surface area contributed by atoms with Crippen molar-refractivity contribution in [3.63, 3.8) is 0 Å². The first-order valence-electron chi connectivity index (χ1n) is 4.95. The summed E-state index contributed by atoms with van der Waals surface area (Å²) in [5.74, 6) is -1.10. The summed E-state index contributed by atoms with van der Waals surface area (Å²) in [6.45, 7) is 0. The van der Waals surface area contributed by atoms with Crippen molar-refractivity contribution in [3.05, 3.63) is 57.0 Å². The van der Waals surface area contributed by atoms with Crippen LogP contribution in [0.4, 0.5) is 10.1 Å². The molecule has 1 aromatic carbocycles. The monoisotopic (exact) mass is 372 g/mol. The van der Waals surface area contributed by atoms with Crippen molar-refractivity contribution in [1.29, 1.82) is 0 Å². The van der Waals surface area contributed by atoms with Crippen molar-refractivity contribution in [2.75, 3.05) is 5.32 Å². The molecule has 92 valence electrons. The fourth-order valence-electron chi connectivity index (χ4n) is 1.33. The van der Waals surface area contributed by atoms with Crippen molar-refractivity contribution in [2.45, 2.75) is 0 Å². The molecular formula is C12H7Br2FN2O. The summed E-state index contributed by atoms with van der Waals surface area (Å²) in [4.78, 5) is 15.8. The van der Waals surface area contributed by atoms with Crippen LogP contribution in [0.1, 0.15) is 10.4 Å². The molecule has 0 aliphatic carbocycles. The van der Waals surface area contributed by atoms with Crippen LogP contribution in [0.5, 0.6) is 0 Å². The molecule has 0 saturated carbocycles. The van der Waals surface area contributed by atoms with E-state index in [1.807, 2.05) is 0 Å². The second kappa shape index (κ2) is 5.58. The lowest BCUT2D eigenvalue weighted by Crippen LogP contribution is -2.14. The van der Waals surface area contributed by atoms with Crippen LogP contribution >= 0.6 is 31.9 Å².